The van der Waals surface area contributed by atoms with Crippen LogP contribution in [0.3, 0.4) is 0 Å². The van der Waals surface area contributed by atoms with Gasteiger partial charge in [-0.05, 0) is 12.0 Å². The van der Waals surface area contributed by atoms with Crippen LogP contribution in [0.2, 0.25) is 0 Å². The SMILES string of the molecule is CCCCCCCCCCCCN(O)Cc1ccccc1. The fourth-order valence-electron chi connectivity index (χ4n) is 2.65. The molecule has 0 saturated heterocycles. The number of hydrogen-bond donors (Lipinski definition) is 1. The third-order valence-corrected chi connectivity index (χ3v) is 3.98. The van der Waals surface area contributed by atoms with Crippen LogP contribution in [-0.2, 0) is 6.54 Å². The van der Waals surface area contributed by atoms with E-state index in [1.807, 2.05) is 18.2 Å². The molecule has 0 saturated carbocycles. The average molecular weight is 291 g/mol. The Labute approximate surface area is 131 Å². The zero-order valence-corrected chi connectivity index (χ0v) is 13.8. The number of rotatable bonds is 13. The van der Waals surface area contributed by atoms with Crippen molar-refractivity contribution in [3.8, 4) is 0 Å². The smallest absolute Gasteiger partial charge is 0.0488 e. The highest BCUT2D eigenvalue weighted by molar-refractivity contribution is 5.13. The normalized spacial score (nSPS) is 11.2. The Balaban J connectivity index is 1.87. The van der Waals surface area contributed by atoms with Crippen LogP contribution in [0.25, 0.3) is 0 Å². The molecule has 0 heterocycles. The molecule has 0 atom stereocenters. The van der Waals surface area contributed by atoms with Crippen LogP contribution in [0.4, 0.5) is 0 Å². The zero-order valence-electron chi connectivity index (χ0n) is 13.8. The summed E-state index contributed by atoms with van der Waals surface area (Å²) >= 11 is 0. The maximum absolute atomic E-state index is 9.86. The van der Waals surface area contributed by atoms with Crippen molar-refractivity contribution in [2.75, 3.05) is 6.54 Å². The number of benzene rings is 1. The third-order valence-electron chi connectivity index (χ3n) is 3.98. The molecule has 1 aromatic rings. The van der Waals surface area contributed by atoms with E-state index >= 15 is 0 Å². The Morgan fingerprint density at radius 2 is 1.29 bits per heavy atom. The van der Waals surface area contributed by atoms with E-state index in [1.54, 1.807) is 0 Å². The molecule has 1 aromatic carbocycles. The van der Waals surface area contributed by atoms with Crippen LogP contribution < -0.4 is 0 Å². The molecule has 0 aromatic heterocycles. The van der Waals surface area contributed by atoms with Gasteiger partial charge in [-0.2, -0.15) is 5.06 Å². The summed E-state index contributed by atoms with van der Waals surface area (Å²) in [7, 11) is 0. The number of nitrogens with zero attached hydrogens (tertiary/aromatic N) is 1. The van der Waals surface area contributed by atoms with E-state index < -0.39 is 0 Å². The molecule has 0 bridgehead atoms. The first-order chi connectivity index (χ1) is 10.3. The molecular formula is C19H33NO. The van der Waals surface area contributed by atoms with Crippen LogP contribution in [0.1, 0.15) is 76.7 Å². The standard InChI is InChI=1S/C19H33NO/c1-2-3-4-5-6-7-8-9-10-14-17-20(21)18-19-15-12-11-13-16-19/h11-13,15-16,21H,2-10,14,17-18H2,1H3. The predicted molar refractivity (Wildman–Crippen MR) is 90.5 cm³/mol. The van der Waals surface area contributed by atoms with E-state index in [1.165, 1.54) is 68.4 Å². The minimum atomic E-state index is 0.637. The first kappa shape index (κ1) is 18.2. The molecule has 0 radical (unpaired) electrons. The fourth-order valence-corrected chi connectivity index (χ4v) is 2.65. The summed E-state index contributed by atoms with van der Waals surface area (Å²) in [4.78, 5) is 0. The van der Waals surface area contributed by atoms with Crippen LogP contribution in [0, 0.1) is 0 Å². The van der Waals surface area contributed by atoms with Crippen molar-refractivity contribution in [1.29, 1.82) is 0 Å². The molecule has 0 aliphatic heterocycles. The van der Waals surface area contributed by atoms with Gasteiger partial charge in [-0.15, -0.1) is 0 Å². The lowest BCUT2D eigenvalue weighted by atomic mass is 10.1. The van der Waals surface area contributed by atoms with Gasteiger partial charge in [0.25, 0.3) is 0 Å². The molecule has 0 aliphatic rings. The third kappa shape index (κ3) is 10.5. The summed E-state index contributed by atoms with van der Waals surface area (Å²) < 4.78 is 0. The molecule has 21 heavy (non-hydrogen) atoms. The van der Waals surface area contributed by atoms with Crippen LogP contribution in [-0.4, -0.2) is 16.8 Å². The van der Waals surface area contributed by atoms with Gasteiger partial charge in [-0.3, -0.25) is 0 Å². The van der Waals surface area contributed by atoms with Crippen LogP contribution in [0.5, 0.6) is 0 Å². The molecule has 120 valence electrons. The fraction of sp³-hybridized carbons (Fsp3) is 0.684. The van der Waals surface area contributed by atoms with Crippen molar-refractivity contribution >= 4 is 0 Å². The molecule has 0 fully saturated rings. The van der Waals surface area contributed by atoms with Gasteiger partial charge in [0.2, 0.25) is 0 Å². The van der Waals surface area contributed by atoms with Gasteiger partial charge in [0.15, 0.2) is 0 Å². The maximum Gasteiger partial charge on any atom is 0.0488 e. The molecular weight excluding hydrogens is 258 g/mol. The molecule has 2 nitrogen and oxygen atoms in total. The molecule has 0 aliphatic carbocycles. The Morgan fingerprint density at radius 1 is 0.762 bits per heavy atom. The topological polar surface area (TPSA) is 23.5 Å². The monoisotopic (exact) mass is 291 g/mol. The van der Waals surface area contributed by atoms with Crippen molar-refractivity contribution in [1.82, 2.24) is 5.06 Å². The molecule has 1 N–H and O–H groups in total. The minimum absolute atomic E-state index is 0.637. The highest BCUT2D eigenvalue weighted by Gasteiger charge is 2.01. The lowest BCUT2D eigenvalue weighted by Crippen LogP contribution is -2.19. The lowest BCUT2D eigenvalue weighted by molar-refractivity contribution is -0.100. The van der Waals surface area contributed by atoms with Crippen molar-refractivity contribution in [3.63, 3.8) is 0 Å². The quantitative estimate of drug-likeness (QED) is 0.367. The van der Waals surface area contributed by atoms with E-state index in [2.05, 4.69) is 19.1 Å². The summed E-state index contributed by atoms with van der Waals surface area (Å²) in [6.45, 7) is 3.69. The van der Waals surface area contributed by atoms with Gasteiger partial charge in [-0.1, -0.05) is 95.0 Å². The largest absolute Gasteiger partial charge is 0.314 e. The van der Waals surface area contributed by atoms with E-state index in [0.29, 0.717) is 6.54 Å². The van der Waals surface area contributed by atoms with Gasteiger partial charge in [0.1, 0.15) is 0 Å². The van der Waals surface area contributed by atoms with Gasteiger partial charge < -0.3 is 5.21 Å². The van der Waals surface area contributed by atoms with E-state index in [0.717, 1.165) is 13.0 Å². The first-order valence-corrected chi connectivity index (χ1v) is 8.80. The number of hydroxylamine groups is 2. The van der Waals surface area contributed by atoms with Crippen LogP contribution in [0.15, 0.2) is 30.3 Å². The highest BCUT2D eigenvalue weighted by atomic mass is 16.5. The molecule has 0 amide bonds. The first-order valence-electron chi connectivity index (χ1n) is 8.80. The summed E-state index contributed by atoms with van der Waals surface area (Å²) in [5.74, 6) is 0. The summed E-state index contributed by atoms with van der Waals surface area (Å²) in [5.41, 5.74) is 1.17. The number of unbranched alkanes of at least 4 members (excludes halogenated alkanes) is 9. The van der Waals surface area contributed by atoms with Crippen molar-refractivity contribution in [3.05, 3.63) is 35.9 Å². The summed E-state index contributed by atoms with van der Waals surface area (Å²) in [6, 6.07) is 10.2. The highest BCUT2D eigenvalue weighted by Crippen LogP contribution is 2.11. The maximum atomic E-state index is 9.86. The second-order valence-electron chi connectivity index (χ2n) is 6.06. The van der Waals surface area contributed by atoms with Crippen molar-refractivity contribution in [2.45, 2.75) is 77.7 Å². The minimum Gasteiger partial charge on any atom is -0.314 e. The average Bonchev–Trinajstić information content (AvgIpc) is 2.50. The molecule has 0 unspecified atom stereocenters. The van der Waals surface area contributed by atoms with Gasteiger partial charge in [0, 0.05) is 13.1 Å². The Kier molecular flexibility index (Phi) is 11.1. The summed E-state index contributed by atoms with van der Waals surface area (Å²) in [5, 5.41) is 11.3. The van der Waals surface area contributed by atoms with E-state index in [-0.39, 0.29) is 0 Å². The molecule has 2 heteroatoms. The van der Waals surface area contributed by atoms with Crippen LogP contribution >= 0.6 is 0 Å². The van der Waals surface area contributed by atoms with E-state index in [9.17, 15) is 5.21 Å². The predicted octanol–water partition coefficient (Wildman–Crippen LogP) is 5.80. The second kappa shape index (κ2) is 12.8. The Bertz CT molecular complexity index is 326. The molecule has 1 rings (SSSR count). The summed E-state index contributed by atoms with van der Waals surface area (Å²) in [6.07, 6.45) is 13.3. The van der Waals surface area contributed by atoms with Gasteiger partial charge in [-0.25, -0.2) is 0 Å². The van der Waals surface area contributed by atoms with Gasteiger partial charge >= 0.3 is 0 Å². The van der Waals surface area contributed by atoms with Crippen molar-refractivity contribution in [2.24, 2.45) is 0 Å². The van der Waals surface area contributed by atoms with E-state index in [4.69, 9.17) is 0 Å². The zero-order chi connectivity index (χ0) is 15.2. The molecule has 0 spiro atoms. The van der Waals surface area contributed by atoms with Gasteiger partial charge in [0.05, 0.1) is 0 Å². The second-order valence-corrected chi connectivity index (χ2v) is 6.06. The lowest BCUT2D eigenvalue weighted by Gasteiger charge is -2.14. The Hall–Kier alpha value is -0.860. The number of hydrogen-bond acceptors (Lipinski definition) is 2. The van der Waals surface area contributed by atoms with Crippen molar-refractivity contribution < 1.29 is 5.21 Å². The Morgan fingerprint density at radius 3 is 1.86 bits per heavy atom.